The Bertz CT molecular complexity index is 898. The van der Waals surface area contributed by atoms with E-state index < -0.39 is 5.91 Å². The molecule has 3 rings (SSSR count). The third-order valence-corrected chi connectivity index (χ3v) is 3.85. The average Bonchev–Trinajstić information content (AvgIpc) is 2.56. The van der Waals surface area contributed by atoms with Gasteiger partial charge in [-0.15, -0.1) is 5.10 Å². The summed E-state index contributed by atoms with van der Waals surface area (Å²) in [6.45, 7) is 0. The Kier molecular flexibility index (Phi) is 4.08. The number of fused-ring (bicyclic) bond motifs is 1. The van der Waals surface area contributed by atoms with E-state index in [1.165, 1.54) is 0 Å². The van der Waals surface area contributed by atoms with E-state index in [2.05, 4.69) is 15.2 Å². The van der Waals surface area contributed by atoms with Crippen molar-refractivity contribution in [3.8, 4) is 5.75 Å². The molecule has 2 N–H and O–H groups in total. The maximum absolute atomic E-state index is 11.6. The van der Waals surface area contributed by atoms with Gasteiger partial charge in [-0.3, -0.25) is 9.78 Å². The number of methoxy groups -OCH3 is 1. The van der Waals surface area contributed by atoms with Crippen molar-refractivity contribution >= 4 is 28.3 Å². The van der Waals surface area contributed by atoms with E-state index in [1.54, 1.807) is 31.6 Å². The fraction of sp³-hybridized carbons (Fsp3) is 0.125. The molecule has 23 heavy (non-hydrogen) atoms. The van der Waals surface area contributed by atoms with Crippen LogP contribution in [-0.2, 0) is 6.42 Å². The van der Waals surface area contributed by atoms with Crippen LogP contribution in [0, 0.1) is 0 Å². The summed E-state index contributed by atoms with van der Waals surface area (Å²) in [5.74, 6) is -0.0230. The minimum absolute atomic E-state index is 0.114. The van der Waals surface area contributed by atoms with Crippen molar-refractivity contribution in [2.45, 2.75) is 6.42 Å². The highest BCUT2D eigenvalue weighted by Crippen LogP contribution is 2.27. The highest BCUT2D eigenvalue weighted by atomic mass is 35.5. The summed E-state index contributed by atoms with van der Waals surface area (Å²) >= 11 is 6.15. The van der Waals surface area contributed by atoms with Crippen molar-refractivity contribution in [1.29, 1.82) is 0 Å². The van der Waals surface area contributed by atoms with E-state index in [0.717, 1.165) is 10.9 Å². The second-order valence-electron chi connectivity index (χ2n) is 4.91. The number of benzene rings is 1. The van der Waals surface area contributed by atoms with Crippen LogP contribution < -0.4 is 10.5 Å². The lowest BCUT2D eigenvalue weighted by atomic mass is 10.0. The molecule has 7 heteroatoms. The molecule has 0 aliphatic rings. The number of ether oxygens (including phenoxy) is 1. The van der Waals surface area contributed by atoms with Crippen LogP contribution in [0.3, 0.4) is 0 Å². The SMILES string of the molecule is COc1ccc2c(Cc3ccncc3Cl)nnc(C(N)=O)c2c1. The van der Waals surface area contributed by atoms with E-state index in [4.69, 9.17) is 22.1 Å². The highest BCUT2D eigenvalue weighted by molar-refractivity contribution is 6.31. The Balaban J connectivity index is 2.17. The number of carbonyl (C=O) groups excluding carboxylic acids is 1. The van der Waals surface area contributed by atoms with Crippen LogP contribution in [0.2, 0.25) is 5.02 Å². The molecule has 0 aliphatic heterocycles. The van der Waals surface area contributed by atoms with Crippen molar-refractivity contribution in [3.05, 3.63) is 58.6 Å². The Morgan fingerprint density at radius 3 is 2.78 bits per heavy atom. The predicted octanol–water partition coefficient (Wildman–Crippen LogP) is 2.38. The molecular formula is C16H13ClN4O2. The quantitative estimate of drug-likeness (QED) is 0.794. The smallest absolute Gasteiger partial charge is 0.269 e. The second kappa shape index (κ2) is 6.18. The van der Waals surface area contributed by atoms with Gasteiger partial charge < -0.3 is 10.5 Å². The zero-order valence-corrected chi connectivity index (χ0v) is 13.0. The van der Waals surface area contributed by atoms with E-state index in [-0.39, 0.29) is 5.69 Å². The van der Waals surface area contributed by atoms with Crippen molar-refractivity contribution in [3.63, 3.8) is 0 Å². The van der Waals surface area contributed by atoms with Crippen molar-refractivity contribution in [2.75, 3.05) is 7.11 Å². The second-order valence-corrected chi connectivity index (χ2v) is 5.32. The number of pyridine rings is 1. The summed E-state index contributed by atoms with van der Waals surface area (Å²) in [6.07, 6.45) is 3.71. The van der Waals surface area contributed by atoms with Crippen LogP contribution in [0.5, 0.6) is 5.75 Å². The molecule has 1 aromatic carbocycles. The van der Waals surface area contributed by atoms with Gasteiger partial charge in [0, 0.05) is 29.6 Å². The Morgan fingerprint density at radius 1 is 1.26 bits per heavy atom. The van der Waals surface area contributed by atoms with Gasteiger partial charge in [0.2, 0.25) is 0 Å². The lowest BCUT2D eigenvalue weighted by molar-refractivity contribution is 0.0996. The van der Waals surface area contributed by atoms with Gasteiger partial charge in [-0.05, 0) is 29.8 Å². The van der Waals surface area contributed by atoms with Gasteiger partial charge in [0.25, 0.3) is 5.91 Å². The molecule has 3 aromatic rings. The van der Waals surface area contributed by atoms with Crippen LogP contribution in [0.15, 0.2) is 36.7 Å². The van der Waals surface area contributed by atoms with Crippen LogP contribution >= 0.6 is 11.6 Å². The molecule has 0 radical (unpaired) electrons. The molecule has 6 nitrogen and oxygen atoms in total. The number of rotatable bonds is 4. The molecule has 0 atom stereocenters. The third-order valence-electron chi connectivity index (χ3n) is 3.51. The van der Waals surface area contributed by atoms with E-state index in [9.17, 15) is 4.79 Å². The monoisotopic (exact) mass is 328 g/mol. The number of amides is 1. The first-order chi connectivity index (χ1) is 11.1. The van der Waals surface area contributed by atoms with Gasteiger partial charge in [0.1, 0.15) is 5.75 Å². The highest BCUT2D eigenvalue weighted by Gasteiger charge is 2.15. The first-order valence-electron chi connectivity index (χ1n) is 6.81. The minimum atomic E-state index is -0.635. The molecule has 0 saturated carbocycles. The van der Waals surface area contributed by atoms with Crippen molar-refractivity contribution in [2.24, 2.45) is 5.73 Å². The maximum atomic E-state index is 11.6. The number of nitrogens with zero attached hydrogens (tertiary/aromatic N) is 3. The maximum Gasteiger partial charge on any atom is 0.269 e. The zero-order valence-electron chi connectivity index (χ0n) is 12.3. The topological polar surface area (TPSA) is 91.0 Å². The fourth-order valence-electron chi connectivity index (χ4n) is 2.36. The number of hydrogen-bond donors (Lipinski definition) is 1. The van der Waals surface area contributed by atoms with Crippen LogP contribution in [0.1, 0.15) is 21.7 Å². The van der Waals surface area contributed by atoms with Gasteiger partial charge in [0.15, 0.2) is 5.69 Å². The number of aromatic nitrogens is 3. The normalized spacial score (nSPS) is 10.7. The van der Waals surface area contributed by atoms with Gasteiger partial charge >= 0.3 is 0 Å². The lowest BCUT2D eigenvalue weighted by Crippen LogP contribution is -2.15. The molecule has 0 fully saturated rings. The number of primary amides is 1. The first kappa shape index (κ1) is 15.2. The molecule has 0 spiro atoms. The lowest BCUT2D eigenvalue weighted by Gasteiger charge is -2.10. The Labute approximate surface area is 137 Å². The molecule has 0 unspecified atom stereocenters. The largest absolute Gasteiger partial charge is 0.497 e. The third kappa shape index (κ3) is 2.93. The van der Waals surface area contributed by atoms with Crippen LogP contribution in [-0.4, -0.2) is 28.2 Å². The molecule has 1 amide bonds. The molecule has 116 valence electrons. The summed E-state index contributed by atoms with van der Waals surface area (Å²) in [4.78, 5) is 15.6. The molecule has 0 bridgehead atoms. The van der Waals surface area contributed by atoms with Gasteiger partial charge in [-0.25, -0.2) is 0 Å². The molecule has 0 saturated heterocycles. The number of nitrogens with two attached hydrogens (primary N) is 1. The fourth-order valence-corrected chi connectivity index (χ4v) is 2.54. The first-order valence-corrected chi connectivity index (χ1v) is 7.19. The predicted molar refractivity (Wildman–Crippen MR) is 86.7 cm³/mol. The van der Waals surface area contributed by atoms with Crippen molar-refractivity contribution < 1.29 is 9.53 Å². The van der Waals surface area contributed by atoms with Crippen LogP contribution in [0.25, 0.3) is 10.8 Å². The minimum Gasteiger partial charge on any atom is -0.497 e. The van der Waals surface area contributed by atoms with Crippen molar-refractivity contribution in [1.82, 2.24) is 15.2 Å². The summed E-state index contributed by atoms with van der Waals surface area (Å²) in [5, 5.41) is 10.1. The Hall–Kier alpha value is -2.73. The number of halogens is 1. The zero-order chi connectivity index (χ0) is 16.4. The van der Waals surface area contributed by atoms with E-state index >= 15 is 0 Å². The molecular weight excluding hydrogens is 316 g/mol. The van der Waals surface area contributed by atoms with Crippen LogP contribution in [0.4, 0.5) is 0 Å². The van der Waals surface area contributed by atoms with Gasteiger partial charge in [-0.1, -0.05) is 11.6 Å². The number of hydrogen-bond acceptors (Lipinski definition) is 5. The standard InChI is InChI=1S/C16H13ClN4O2/c1-23-10-2-3-11-12(7-10)15(16(18)22)21-20-14(11)6-9-4-5-19-8-13(9)17/h2-5,7-8H,6H2,1H3,(H2,18,22). The molecule has 2 aromatic heterocycles. The summed E-state index contributed by atoms with van der Waals surface area (Å²) in [5.41, 5.74) is 7.07. The van der Waals surface area contributed by atoms with E-state index in [0.29, 0.717) is 28.3 Å². The Morgan fingerprint density at radius 2 is 2.09 bits per heavy atom. The van der Waals surface area contributed by atoms with Gasteiger partial charge in [-0.2, -0.15) is 5.10 Å². The van der Waals surface area contributed by atoms with Gasteiger partial charge in [0.05, 0.1) is 17.8 Å². The summed E-state index contributed by atoms with van der Waals surface area (Å²) in [7, 11) is 1.55. The average molecular weight is 329 g/mol. The summed E-state index contributed by atoms with van der Waals surface area (Å²) in [6, 6.07) is 7.18. The molecule has 0 aliphatic carbocycles. The summed E-state index contributed by atoms with van der Waals surface area (Å²) < 4.78 is 5.20. The number of carbonyl (C=O) groups is 1. The van der Waals surface area contributed by atoms with E-state index in [1.807, 2.05) is 12.1 Å². The molecule has 2 heterocycles.